The lowest BCUT2D eigenvalue weighted by Crippen LogP contribution is -2.46. The largest absolute Gasteiger partial charge is 0.462 e. The summed E-state index contributed by atoms with van der Waals surface area (Å²) in [5, 5.41) is 20.3. The van der Waals surface area contributed by atoms with Crippen LogP contribution < -0.4 is 5.32 Å². The highest BCUT2D eigenvalue weighted by atomic mass is 127. The van der Waals surface area contributed by atoms with Gasteiger partial charge in [-0.3, -0.25) is 28.8 Å². The lowest BCUT2D eigenvalue weighted by atomic mass is 10.1. The molecule has 0 radical (unpaired) electrons. The summed E-state index contributed by atoms with van der Waals surface area (Å²) in [5.74, 6) is -4.22. The number of ether oxygens (including phenoxy) is 3. The highest BCUT2D eigenvalue weighted by molar-refractivity contribution is 14.1. The Morgan fingerprint density at radius 1 is 0.846 bits per heavy atom. The molecular weight excluding hydrogens is 884 g/mol. The summed E-state index contributed by atoms with van der Waals surface area (Å²) in [5.41, 5.74) is -0.197. The predicted molar refractivity (Wildman–Crippen MR) is 161 cm³/mol. The number of aliphatic hydroxyl groups excluding tert-OH is 2. The molecule has 0 spiro atoms. The third-order valence-corrected chi connectivity index (χ3v) is 8.09. The molecule has 216 valence electrons. The Kier molecular flexibility index (Phi) is 15.4. The molecule has 2 atom stereocenters. The second-order valence-electron chi connectivity index (χ2n) is 7.55. The van der Waals surface area contributed by atoms with Crippen LogP contribution in [-0.4, -0.2) is 95.2 Å². The van der Waals surface area contributed by atoms with Crippen molar-refractivity contribution in [1.29, 1.82) is 0 Å². The number of carbonyl (C=O) groups is 6. The Labute approximate surface area is 269 Å². The first-order valence-electron chi connectivity index (χ1n) is 10.9. The quantitative estimate of drug-likeness (QED) is 0.113. The normalized spacial score (nSPS) is 12.1. The summed E-state index contributed by atoms with van der Waals surface area (Å²) >= 11 is 11.1. The first kappa shape index (κ1) is 35.7. The van der Waals surface area contributed by atoms with Crippen molar-refractivity contribution >= 4 is 120 Å². The Balaban J connectivity index is 3.73. The molecule has 1 aromatic rings. The van der Waals surface area contributed by atoms with Crippen LogP contribution in [0.4, 0.5) is 5.69 Å². The fourth-order valence-corrected chi connectivity index (χ4v) is 8.01. The standard InChI is InChI=1S/C22H24ClI3N2O11/c1-9(31)37-8-12(38-10(2)32)19(39-11(3)33)21(35)27-18-16(25)13(20(23)34)15(24)14(17(18)26)22(36)28(4-6-29)5-7-30/h12,19,29-30H,4-8H2,1-3H3,(H,27,35). The van der Waals surface area contributed by atoms with Crippen LogP contribution in [0.1, 0.15) is 41.5 Å². The number of halogens is 4. The highest BCUT2D eigenvalue weighted by Crippen LogP contribution is 2.37. The summed E-state index contributed by atoms with van der Waals surface area (Å²) in [6.45, 7) is 1.45. The molecule has 3 N–H and O–H groups in total. The van der Waals surface area contributed by atoms with Gasteiger partial charge in [-0.15, -0.1) is 0 Å². The first-order chi connectivity index (χ1) is 18.2. The van der Waals surface area contributed by atoms with E-state index in [1.54, 1.807) is 67.8 Å². The zero-order valence-corrected chi connectivity index (χ0v) is 27.9. The van der Waals surface area contributed by atoms with Crippen LogP contribution in [0.3, 0.4) is 0 Å². The number of anilines is 1. The Morgan fingerprint density at radius 3 is 1.79 bits per heavy atom. The maximum Gasteiger partial charge on any atom is 0.303 e. The van der Waals surface area contributed by atoms with Gasteiger partial charge in [0.2, 0.25) is 6.10 Å². The molecule has 0 bridgehead atoms. The summed E-state index contributed by atoms with van der Waals surface area (Å²) in [7, 11) is 0. The van der Waals surface area contributed by atoms with Gasteiger partial charge in [0.25, 0.3) is 17.1 Å². The van der Waals surface area contributed by atoms with E-state index >= 15 is 0 Å². The van der Waals surface area contributed by atoms with Crippen LogP contribution in [0.2, 0.25) is 0 Å². The lowest BCUT2D eigenvalue weighted by Gasteiger charge is -2.27. The molecule has 0 fully saturated rings. The van der Waals surface area contributed by atoms with Gasteiger partial charge >= 0.3 is 17.9 Å². The SMILES string of the molecule is CC(=O)OCC(OC(C)=O)C(OC(C)=O)C(=O)Nc1c(I)c(C(=O)Cl)c(I)c(C(=O)N(CCO)CCO)c1I. The molecule has 0 heterocycles. The van der Waals surface area contributed by atoms with Crippen molar-refractivity contribution in [3.63, 3.8) is 0 Å². The summed E-state index contributed by atoms with van der Waals surface area (Å²) in [4.78, 5) is 75.1. The first-order valence-corrected chi connectivity index (χ1v) is 14.5. The number of nitrogens with one attached hydrogen (secondary N) is 1. The number of esters is 3. The van der Waals surface area contributed by atoms with Gasteiger partial charge in [-0.1, -0.05) is 0 Å². The minimum Gasteiger partial charge on any atom is -0.462 e. The molecule has 2 unspecified atom stereocenters. The van der Waals surface area contributed by atoms with Crippen molar-refractivity contribution in [2.24, 2.45) is 0 Å². The number of benzene rings is 1. The van der Waals surface area contributed by atoms with Crippen LogP contribution in [0, 0.1) is 10.7 Å². The van der Waals surface area contributed by atoms with E-state index in [2.05, 4.69) is 5.32 Å². The maximum atomic E-state index is 13.4. The number of amides is 2. The highest BCUT2D eigenvalue weighted by Gasteiger charge is 2.37. The van der Waals surface area contributed by atoms with Gasteiger partial charge in [0, 0.05) is 37.4 Å². The van der Waals surface area contributed by atoms with Crippen LogP contribution in [0.5, 0.6) is 0 Å². The number of hydrogen-bond donors (Lipinski definition) is 3. The summed E-state index contributed by atoms with van der Waals surface area (Å²) in [6, 6.07) is 0. The van der Waals surface area contributed by atoms with E-state index in [0.717, 1.165) is 25.7 Å². The lowest BCUT2D eigenvalue weighted by molar-refractivity contribution is -0.175. The monoisotopic (exact) mass is 908 g/mol. The molecule has 0 saturated carbocycles. The van der Waals surface area contributed by atoms with Crippen LogP contribution in [-0.2, 0) is 33.4 Å². The van der Waals surface area contributed by atoms with Gasteiger partial charge < -0.3 is 34.6 Å². The zero-order valence-electron chi connectivity index (χ0n) is 20.7. The van der Waals surface area contributed by atoms with Gasteiger partial charge in [-0.05, 0) is 79.4 Å². The van der Waals surface area contributed by atoms with Crippen molar-refractivity contribution in [3.8, 4) is 0 Å². The van der Waals surface area contributed by atoms with Crippen molar-refractivity contribution in [1.82, 2.24) is 4.90 Å². The van der Waals surface area contributed by atoms with E-state index < -0.39 is 67.0 Å². The van der Waals surface area contributed by atoms with Gasteiger partial charge in [0.15, 0.2) is 6.10 Å². The molecule has 13 nitrogen and oxygen atoms in total. The van der Waals surface area contributed by atoms with Crippen LogP contribution in [0.15, 0.2) is 0 Å². The Bertz CT molecular complexity index is 1140. The van der Waals surface area contributed by atoms with E-state index in [-0.39, 0.29) is 40.6 Å². The maximum absolute atomic E-state index is 13.4. The Hall–Kier alpha value is -1.36. The summed E-state index contributed by atoms with van der Waals surface area (Å²) in [6.07, 6.45) is -3.33. The fraction of sp³-hybridized carbons (Fsp3) is 0.455. The van der Waals surface area contributed by atoms with Crippen molar-refractivity contribution < 1.29 is 53.2 Å². The number of rotatable bonds is 13. The van der Waals surface area contributed by atoms with Crippen molar-refractivity contribution in [3.05, 3.63) is 21.8 Å². The predicted octanol–water partition coefficient (Wildman–Crippen LogP) is 1.67. The topological polar surface area (TPSA) is 186 Å². The van der Waals surface area contributed by atoms with E-state index in [9.17, 15) is 39.0 Å². The van der Waals surface area contributed by atoms with Crippen molar-refractivity contribution in [2.75, 3.05) is 38.2 Å². The number of aliphatic hydroxyl groups is 2. The Morgan fingerprint density at radius 2 is 1.36 bits per heavy atom. The van der Waals surface area contributed by atoms with E-state index in [1.165, 1.54) is 0 Å². The minimum absolute atomic E-state index is 0.0432. The minimum atomic E-state index is -1.80. The molecule has 2 amide bonds. The molecule has 1 aromatic carbocycles. The van der Waals surface area contributed by atoms with Gasteiger partial charge in [0.05, 0.1) is 37.2 Å². The van der Waals surface area contributed by atoms with Gasteiger partial charge in [0.1, 0.15) is 6.61 Å². The second-order valence-corrected chi connectivity index (χ2v) is 11.1. The molecule has 17 heteroatoms. The fourth-order valence-electron chi connectivity index (χ4n) is 3.12. The van der Waals surface area contributed by atoms with E-state index in [1.807, 2.05) is 0 Å². The third-order valence-electron chi connectivity index (χ3n) is 4.66. The molecule has 0 saturated heterocycles. The smallest absolute Gasteiger partial charge is 0.303 e. The molecule has 0 aliphatic carbocycles. The third kappa shape index (κ3) is 10.2. The van der Waals surface area contributed by atoms with E-state index in [0.29, 0.717) is 0 Å². The van der Waals surface area contributed by atoms with Crippen molar-refractivity contribution in [2.45, 2.75) is 33.0 Å². The molecule has 1 rings (SSSR count). The molecular formula is C22H24ClI3N2O11. The molecule has 0 aliphatic rings. The summed E-state index contributed by atoms with van der Waals surface area (Å²) < 4.78 is 15.5. The number of hydrogen-bond acceptors (Lipinski definition) is 11. The second kappa shape index (κ2) is 16.8. The average Bonchev–Trinajstić information content (AvgIpc) is 2.82. The van der Waals surface area contributed by atoms with Crippen LogP contribution in [0.25, 0.3) is 0 Å². The van der Waals surface area contributed by atoms with E-state index in [4.69, 9.17) is 25.8 Å². The number of nitrogens with zero attached hydrogens (tertiary/aromatic N) is 1. The average molecular weight is 909 g/mol. The van der Waals surface area contributed by atoms with Crippen LogP contribution >= 0.6 is 79.4 Å². The zero-order chi connectivity index (χ0) is 30.0. The number of carbonyl (C=O) groups excluding carboxylic acids is 6. The molecule has 0 aromatic heterocycles. The van der Waals surface area contributed by atoms with Gasteiger partial charge in [-0.2, -0.15) is 0 Å². The molecule has 0 aliphatic heterocycles. The molecule has 39 heavy (non-hydrogen) atoms. The van der Waals surface area contributed by atoms with Gasteiger partial charge in [-0.25, -0.2) is 0 Å².